The minimum atomic E-state index is -0.299. The van der Waals surface area contributed by atoms with Gasteiger partial charge in [-0.15, -0.1) is 0 Å². The molecule has 6 heteroatoms. The first-order valence-corrected chi connectivity index (χ1v) is 13.1. The van der Waals surface area contributed by atoms with E-state index in [1.807, 2.05) is 42.5 Å². The first kappa shape index (κ1) is 25.2. The number of hydrogen-bond acceptors (Lipinski definition) is 3. The van der Waals surface area contributed by atoms with Gasteiger partial charge < -0.3 is 14.4 Å². The van der Waals surface area contributed by atoms with Crippen LogP contribution < -0.4 is 4.74 Å². The number of ether oxygens (including phenoxy) is 2. The van der Waals surface area contributed by atoms with Gasteiger partial charge in [0.05, 0.1) is 6.61 Å². The van der Waals surface area contributed by atoms with E-state index in [0.717, 1.165) is 67.8 Å². The molecule has 3 aromatic carbocycles. The third kappa shape index (κ3) is 5.59. The van der Waals surface area contributed by atoms with Gasteiger partial charge in [-0.2, -0.15) is 0 Å². The fourth-order valence-electron chi connectivity index (χ4n) is 5.55. The maximum atomic E-state index is 13.5. The van der Waals surface area contributed by atoms with Crippen molar-refractivity contribution >= 4 is 11.6 Å². The molecule has 36 heavy (non-hydrogen) atoms. The SMILES string of the molecule is CC1Oc2ccc(Cl)cc2COC12CCN(CCCC(c1ccc(F)cc1)c1ccc(F)cc1)CC2. The number of likely N-dealkylation sites (tertiary alicyclic amines) is 1. The first-order valence-electron chi connectivity index (χ1n) is 12.7. The molecule has 0 aromatic heterocycles. The van der Waals surface area contributed by atoms with Crippen molar-refractivity contribution in [1.29, 1.82) is 0 Å². The Kier molecular flexibility index (Phi) is 7.61. The van der Waals surface area contributed by atoms with E-state index in [9.17, 15) is 8.78 Å². The largest absolute Gasteiger partial charge is 0.487 e. The van der Waals surface area contributed by atoms with Crippen LogP contribution in [0.15, 0.2) is 66.7 Å². The number of halogens is 3. The Bertz CT molecular complexity index is 1120. The average molecular weight is 512 g/mol. The highest BCUT2D eigenvalue weighted by Gasteiger charge is 2.43. The van der Waals surface area contributed by atoms with E-state index in [2.05, 4.69) is 11.8 Å². The molecule has 3 aromatic rings. The smallest absolute Gasteiger partial charge is 0.125 e. The van der Waals surface area contributed by atoms with Crippen molar-refractivity contribution in [3.8, 4) is 5.75 Å². The van der Waals surface area contributed by atoms with E-state index < -0.39 is 0 Å². The Morgan fingerprint density at radius 2 is 1.56 bits per heavy atom. The van der Waals surface area contributed by atoms with Gasteiger partial charge in [0.15, 0.2) is 0 Å². The summed E-state index contributed by atoms with van der Waals surface area (Å²) in [4.78, 5) is 2.49. The number of fused-ring (bicyclic) bond motifs is 1. The van der Waals surface area contributed by atoms with Gasteiger partial charge in [0.2, 0.25) is 0 Å². The minimum Gasteiger partial charge on any atom is -0.487 e. The topological polar surface area (TPSA) is 21.7 Å². The fraction of sp³-hybridized carbons (Fsp3) is 0.400. The van der Waals surface area contributed by atoms with Crippen molar-refractivity contribution in [2.45, 2.75) is 56.8 Å². The lowest BCUT2D eigenvalue weighted by Gasteiger charge is -2.43. The molecule has 190 valence electrons. The standard InChI is InChI=1S/C30H32ClF2NO2/c1-21-30(35-20-24-19-25(31)8-13-29(24)36-21)14-17-34(18-15-30)16-2-3-28(22-4-9-26(32)10-5-22)23-6-11-27(33)12-7-23/h4-13,19,21,28H,2-3,14-18,20H2,1H3. The quantitative estimate of drug-likeness (QED) is 0.345. The molecular weight excluding hydrogens is 480 g/mol. The molecule has 0 radical (unpaired) electrons. The second-order valence-corrected chi connectivity index (χ2v) is 10.4. The van der Waals surface area contributed by atoms with Crippen molar-refractivity contribution in [2.24, 2.45) is 0 Å². The van der Waals surface area contributed by atoms with Crippen molar-refractivity contribution in [3.63, 3.8) is 0 Å². The van der Waals surface area contributed by atoms with Crippen LogP contribution in [-0.2, 0) is 11.3 Å². The van der Waals surface area contributed by atoms with Gasteiger partial charge in [-0.05, 0) is 92.7 Å². The number of rotatable bonds is 6. The van der Waals surface area contributed by atoms with Crippen LogP contribution in [0.2, 0.25) is 5.02 Å². The fourth-order valence-corrected chi connectivity index (χ4v) is 5.75. The Morgan fingerprint density at radius 1 is 0.944 bits per heavy atom. The zero-order valence-electron chi connectivity index (χ0n) is 20.6. The van der Waals surface area contributed by atoms with Gasteiger partial charge in [-0.25, -0.2) is 8.78 Å². The van der Waals surface area contributed by atoms with Crippen LogP contribution in [0.5, 0.6) is 5.75 Å². The molecule has 2 aliphatic rings. The van der Waals surface area contributed by atoms with Crippen LogP contribution in [0.25, 0.3) is 0 Å². The predicted molar refractivity (Wildman–Crippen MR) is 139 cm³/mol. The molecule has 1 atom stereocenters. The molecule has 1 unspecified atom stereocenters. The maximum absolute atomic E-state index is 13.5. The summed E-state index contributed by atoms with van der Waals surface area (Å²) in [6.07, 6.45) is 3.68. The summed E-state index contributed by atoms with van der Waals surface area (Å²) >= 11 is 6.17. The molecule has 3 nitrogen and oxygen atoms in total. The number of hydrogen-bond donors (Lipinski definition) is 0. The Morgan fingerprint density at radius 3 is 2.17 bits per heavy atom. The second-order valence-electron chi connectivity index (χ2n) is 10.0. The van der Waals surface area contributed by atoms with E-state index in [-0.39, 0.29) is 29.3 Å². The molecule has 5 rings (SSSR count). The van der Waals surface area contributed by atoms with Crippen LogP contribution in [-0.4, -0.2) is 36.2 Å². The molecule has 2 heterocycles. The van der Waals surface area contributed by atoms with Crippen LogP contribution >= 0.6 is 11.6 Å². The highest BCUT2D eigenvalue weighted by atomic mass is 35.5. The third-order valence-corrected chi connectivity index (χ3v) is 8.03. The van der Waals surface area contributed by atoms with Gasteiger partial charge in [-0.1, -0.05) is 35.9 Å². The number of piperidine rings is 1. The summed E-state index contributed by atoms with van der Waals surface area (Å²) in [5.74, 6) is 0.470. The molecule has 1 saturated heterocycles. The zero-order chi connectivity index (χ0) is 25.1. The van der Waals surface area contributed by atoms with Gasteiger partial charge in [0, 0.05) is 29.6 Å². The number of benzene rings is 3. The zero-order valence-corrected chi connectivity index (χ0v) is 21.3. The summed E-state index contributed by atoms with van der Waals surface area (Å²) in [6.45, 7) is 5.48. The van der Waals surface area contributed by atoms with E-state index in [1.54, 1.807) is 0 Å². The first-order chi connectivity index (χ1) is 17.4. The lowest BCUT2D eigenvalue weighted by Crippen LogP contribution is -2.53. The number of nitrogens with zero attached hydrogens (tertiary/aromatic N) is 1. The van der Waals surface area contributed by atoms with Crippen molar-refractivity contribution < 1.29 is 18.3 Å². The normalized spacial score (nSPS) is 19.6. The van der Waals surface area contributed by atoms with Crippen LogP contribution in [0, 0.1) is 11.6 Å². The molecule has 0 N–H and O–H groups in total. The maximum Gasteiger partial charge on any atom is 0.125 e. The molecule has 1 fully saturated rings. The van der Waals surface area contributed by atoms with E-state index in [0.29, 0.717) is 11.6 Å². The van der Waals surface area contributed by atoms with Crippen LogP contribution in [0.1, 0.15) is 55.2 Å². The van der Waals surface area contributed by atoms with Gasteiger partial charge in [0.1, 0.15) is 29.1 Å². The van der Waals surface area contributed by atoms with E-state index in [4.69, 9.17) is 21.1 Å². The molecule has 0 saturated carbocycles. The summed E-state index contributed by atoms with van der Waals surface area (Å²) in [7, 11) is 0. The van der Waals surface area contributed by atoms with Crippen LogP contribution in [0.4, 0.5) is 8.78 Å². The van der Waals surface area contributed by atoms with Gasteiger partial charge in [-0.3, -0.25) is 0 Å². The highest BCUT2D eigenvalue weighted by molar-refractivity contribution is 6.30. The Hall–Kier alpha value is -2.47. The summed E-state index contributed by atoms with van der Waals surface area (Å²) in [5.41, 5.74) is 2.81. The van der Waals surface area contributed by atoms with Gasteiger partial charge in [0.25, 0.3) is 0 Å². The summed E-state index contributed by atoms with van der Waals surface area (Å²) < 4.78 is 39.8. The van der Waals surface area contributed by atoms with Crippen molar-refractivity contribution in [2.75, 3.05) is 19.6 Å². The van der Waals surface area contributed by atoms with E-state index >= 15 is 0 Å². The molecule has 2 aliphatic heterocycles. The Balaban J connectivity index is 1.19. The lowest BCUT2D eigenvalue weighted by molar-refractivity contribution is -0.136. The second kappa shape index (κ2) is 10.9. The monoisotopic (exact) mass is 511 g/mol. The third-order valence-electron chi connectivity index (χ3n) is 7.80. The molecular formula is C30H32ClF2NO2. The molecule has 0 aliphatic carbocycles. The van der Waals surface area contributed by atoms with Gasteiger partial charge >= 0.3 is 0 Å². The minimum absolute atomic E-state index is 0.0385. The van der Waals surface area contributed by atoms with Crippen molar-refractivity contribution in [3.05, 3.63) is 100 Å². The average Bonchev–Trinajstić information content (AvgIpc) is 3.01. The van der Waals surface area contributed by atoms with E-state index in [1.165, 1.54) is 24.3 Å². The summed E-state index contributed by atoms with van der Waals surface area (Å²) in [6, 6.07) is 19.1. The highest BCUT2D eigenvalue weighted by Crippen LogP contribution is 2.39. The Labute approximate surface area is 217 Å². The molecule has 0 amide bonds. The lowest BCUT2D eigenvalue weighted by atomic mass is 9.85. The van der Waals surface area contributed by atoms with Crippen molar-refractivity contribution in [1.82, 2.24) is 4.90 Å². The predicted octanol–water partition coefficient (Wildman–Crippen LogP) is 7.36. The summed E-state index contributed by atoms with van der Waals surface area (Å²) in [5, 5.41) is 0.693. The molecule has 1 spiro atoms. The molecule has 0 bridgehead atoms. The van der Waals surface area contributed by atoms with Crippen LogP contribution in [0.3, 0.4) is 0 Å².